The summed E-state index contributed by atoms with van der Waals surface area (Å²) in [6.45, 7) is 0. The summed E-state index contributed by atoms with van der Waals surface area (Å²) in [6, 6.07) is 15.8. The van der Waals surface area contributed by atoms with E-state index in [2.05, 4.69) is 17.5 Å². The van der Waals surface area contributed by atoms with E-state index in [9.17, 15) is 14.4 Å². The Bertz CT molecular complexity index is 935. The largest absolute Gasteiger partial charge is 0.322 e. The van der Waals surface area contributed by atoms with Gasteiger partial charge >= 0.3 is 0 Å². The number of hydrogen-bond acceptors (Lipinski definition) is 3. The highest BCUT2D eigenvalue weighted by molar-refractivity contribution is 6.22. The first-order valence-electron chi connectivity index (χ1n) is 9.16. The van der Waals surface area contributed by atoms with Crippen LogP contribution in [0.15, 0.2) is 66.7 Å². The smallest absolute Gasteiger partial charge is 0.255 e. The topological polar surface area (TPSA) is 66.5 Å². The first kappa shape index (κ1) is 16.0. The molecular weight excluding hydrogens is 340 g/mol. The summed E-state index contributed by atoms with van der Waals surface area (Å²) >= 11 is 0. The standard InChI is InChI=1S/C22H18N2O3/c25-20(13-4-2-1-3-5-13)23-16-8-10-17(11-9-16)24-21(26)18-14-6-7-15(12-14)19(18)22(24)27/h1-11,14-15,18-19H,12H2,(H,23,25)/t14-,15-,18+,19+/m0/s1. The minimum absolute atomic E-state index is 0.0945. The number of fused-ring (bicyclic) bond motifs is 5. The Hall–Kier alpha value is -3.21. The van der Waals surface area contributed by atoms with Crippen LogP contribution in [-0.2, 0) is 9.59 Å². The molecule has 2 aliphatic carbocycles. The van der Waals surface area contributed by atoms with Gasteiger partial charge in [0.1, 0.15) is 0 Å². The zero-order chi connectivity index (χ0) is 18.5. The maximum absolute atomic E-state index is 12.8. The third kappa shape index (κ3) is 2.42. The van der Waals surface area contributed by atoms with E-state index in [0.717, 1.165) is 6.42 Å². The van der Waals surface area contributed by atoms with Crippen molar-refractivity contribution in [3.05, 3.63) is 72.3 Å². The number of rotatable bonds is 3. The second-order valence-electron chi connectivity index (χ2n) is 7.38. The van der Waals surface area contributed by atoms with Gasteiger partial charge in [-0.05, 0) is 54.7 Å². The zero-order valence-corrected chi connectivity index (χ0v) is 14.5. The Morgan fingerprint density at radius 2 is 1.44 bits per heavy atom. The van der Waals surface area contributed by atoms with Crippen molar-refractivity contribution in [2.24, 2.45) is 23.7 Å². The van der Waals surface area contributed by atoms with Gasteiger partial charge in [-0.1, -0.05) is 30.4 Å². The second-order valence-corrected chi connectivity index (χ2v) is 7.38. The zero-order valence-electron chi connectivity index (χ0n) is 14.5. The van der Waals surface area contributed by atoms with Crippen LogP contribution in [0.25, 0.3) is 0 Å². The average molecular weight is 358 g/mol. The van der Waals surface area contributed by atoms with Crippen LogP contribution in [0.1, 0.15) is 16.8 Å². The number of imide groups is 1. The molecule has 5 rings (SSSR count). The molecule has 1 saturated carbocycles. The van der Waals surface area contributed by atoms with Gasteiger partial charge in [-0.3, -0.25) is 19.3 Å². The molecule has 27 heavy (non-hydrogen) atoms. The fourth-order valence-corrected chi connectivity index (χ4v) is 4.64. The molecule has 5 heteroatoms. The van der Waals surface area contributed by atoms with Crippen LogP contribution in [0.4, 0.5) is 11.4 Å². The van der Waals surface area contributed by atoms with Crippen molar-refractivity contribution >= 4 is 29.1 Å². The van der Waals surface area contributed by atoms with E-state index in [-0.39, 0.29) is 41.4 Å². The van der Waals surface area contributed by atoms with Gasteiger partial charge in [0.05, 0.1) is 17.5 Å². The van der Waals surface area contributed by atoms with Crippen molar-refractivity contribution in [2.75, 3.05) is 10.2 Å². The Kier molecular flexibility index (Phi) is 3.50. The highest BCUT2D eigenvalue weighted by Gasteiger charge is 2.59. The van der Waals surface area contributed by atoms with Crippen LogP contribution in [0, 0.1) is 23.7 Å². The molecule has 1 N–H and O–H groups in total. The lowest BCUT2D eigenvalue weighted by Gasteiger charge is -2.17. The Morgan fingerprint density at radius 1 is 0.852 bits per heavy atom. The number of nitrogens with one attached hydrogen (secondary N) is 1. The molecule has 0 aromatic heterocycles. The maximum Gasteiger partial charge on any atom is 0.255 e. The average Bonchev–Trinajstić information content (AvgIpc) is 3.37. The summed E-state index contributed by atoms with van der Waals surface area (Å²) in [5, 5.41) is 2.83. The number of nitrogens with zero attached hydrogens (tertiary/aromatic N) is 1. The fourth-order valence-electron chi connectivity index (χ4n) is 4.64. The number of carbonyl (C=O) groups excluding carboxylic acids is 3. The SMILES string of the molecule is O=C(Nc1ccc(N2C(=O)[C@H]3[C@H](C2=O)[C@H]2C=C[C@H]3C2)cc1)c1ccccc1. The van der Waals surface area contributed by atoms with Crippen molar-refractivity contribution in [2.45, 2.75) is 6.42 Å². The van der Waals surface area contributed by atoms with Gasteiger partial charge in [-0.15, -0.1) is 0 Å². The van der Waals surface area contributed by atoms with E-state index in [1.165, 1.54) is 4.90 Å². The number of allylic oxidation sites excluding steroid dienone is 2. The Labute approximate surface area is 156 Å². The van der Waals surface area contributed by atoms with Gasteiger partial charge in [0.2, 0.25) is 11.8 Å². The van der Waals surface area contributed by atoms with Gasteiger partial charge < -0.3 is 5.32 Å². The van der Waals surface area contributed by atoms with Crippen molar-refractivity contribution < 1.29 is 14.4 Å². The molecular formula is C22H18N2O3. The van der Waals surface area contributed by atoms with E-state index < -0.39 is 0 Å². The van der Waals surface area contributed by atoms with Gasteiger partial charge in [0.25, 0.3) is 5.91 Å². The second kappa shape index (κ2) is 5.91. The number of amides is 3. The first-order chi connectivity index (χ1) is 13.1. The fraction of sp³-hybridized carbons (Fsp3) is 0.227. The van der Waals surface area contributed by atoms with E-state index in [4.69, 9.17) is 0 Å². The third-order valence-electron chi connectivity index (χ3n) is 5.89. The number of hydrogen-bond donors (Lipinski definition) is 1. The Morgan fingerprint density at radius 3 is 2.04 bits per heavy atom. The lowest BCUT2D eigenvalue weighted by Crippen LogP contribution is -2.32. The normalized spacial score (nSPS) is 27.9. The highest BCUT2D eigenvalue weighted by Crippen LogP contribution is 2.53. The monoisotopic (exact) mass is 358 g/mol. The van der Waals surface area contributed by atoms with Crippen LogP contribution in [-0.4, -0.2) is 17.7 Å². The van der Waals surface area contributed by atoms with E-state index in [1.54, 1.807) is 36.4 Å². The predicted octanol–water partition coefficient (Wildman–Crippen LogP) is 3.25. The highest BCUT2D eigenvalue weighted by atomic mass is 16.2. The van der Waals surface area contributed by atoms with Gasteiger partial charge in [-0.2, -0.15) is 0 Å². The lowest BCUT2D eigenvalue weighted by molar-refractivity contribution is -0.123. The molecule has 1 aliphatic heterocycles. The third-order valence-corrected chi connectivity index (χ3v) is 5.89. The summed E-state index contributed by atoms with van der Waals surface area (Å²) in [5.74, 6) is -0.397. The first-order valence-corrected chi connectivity index (χ1v) is 9.16. The van der Waals surface area contributed by atoms with Crippen molar-refractivity contribution in [1.82, 2.24) is 0 Å². The van der Waals surface area contributed by atoms with E-state index in [1.807, 2.05) is 18.2 Å². The van der Waals surface area contributed by atoms with Crippen molar-refractivity contribution in [3.63, 3.8) is 0 Å². The molecule has 0 unspecified atom stereocenters. The molecule has 134 valence electrons. The molecule has 1 saturated heterocycles. The molecule has 3 aliphatic rings. The molecule has 2 aromatic carbocycles. The summed E-state index contributed by atoms with van der Waals surface area (Å²) in [5.41, 5.74) is 1.76. The minimum Gasteiger partial charge on any atom is -0.322 e. The van der Waals surface area contributed by atoms with Gasteiger partial charge in [-0.25, -0.2) is 0 Å². The molecule has 2 aromatic rings. The molecule has 2 bridgehead atoms. The van der Waals surface area contributed by atoms with Gasteiger partial charge in [0.15, 0.2) is 0 Å². The number of benzene rings is 2. The van der Waals surface area contributed by atoms with Crippen LogP contribution in [0.3, 0.4) is 0 Å². The molecule has 1 heterocycles. The predicted molar refractivity (Wildman–Crippen MR) is 101 cm³/mol. The summed E-state index contributed by atoms with van der Waals surface area (Å²) in [4.78, 5) is 39.2. The number of carbonyl (C=O) groups is 3. The van der Waals surface area contributed by atoms with Crippen LogP contribution < -0.4 is 10.2 Å². The maximum atomic E-state index is 12.8. The molecule has 4 atom stereocenters. The van der Waals surface area contributed by atoms with Gasteiger partial charge in [0, 0.05) is 11.3 Å². The summed E-state index contributed by atoms with van der Waals surface area (Å²) in [7, 11) is 0. The molecule has 2 fully saturated rings. The van der Waals surface area contributed by atoms with E-state index >= 15 is 0 Å². The summed E-state index contributed by atoms with van der Waals surface area (Å²) < 4.78 is 0. The van der Waals surface area contributed by atoms with Crippen LogP contribution in [0.2, 0.25) is 0 Å². The van der Waals surface area contributed by atoms with Crippen molar-refractivity contribution in [3.8, 4) is 0 Å². The Balaban J connectivity index is 1.35. The molecule has 0 spiro atoms. The lowest BCUT2D eigenvalue weighted by atomic mass is 9.85. The quantitative estimate of drug-likeness (QED) is 0.677. The molecule has 3 amide bonds. The molecule has 5 nitrogen and oxygen atoms in total. The molecule has 0 radical (unpaired) electrons. The minimum atomic E-state index is -0.204. The summed E-state index contributed by atoms with van der Waals surface area (Å²) in [6.07, 6.45) is 5.09. The van der Waals surface area contributed by atoms with Crippen molar-refractivity contribution in [1.29, 1.82) is 0 Å². The van der Waals surface area contributed by atoms with Crippen LogP contribution in [0.5, 0.6) is 0 Å². The number of anilines is 2. The van der Waals surface area contributed by atoms with Crippen LogP contribution >= 0.6 is 0 Å². The van der Waals surface area contributed by atoms with E-state index in [0.29, 0.717) is 16.9 Å².